The van der Waals surface area contributed by atoms with E-state index < -0.39 is 10.0 Å². The second kappa shape index (κ2) is 4.34. The summed E-state index contributed by atoms with van der Waals surface area (Å²) in [6, 6.07) is 3.37. The third-order valence-corrected chi connectivity index (χ3v) is 4.77. The molecule has 0 aromatic carbocycles. The molecule has 0 amide bonds. The summed E-state index contributed by atoms with van der Waals surface area (Å²) in [7, 11) is -3.44. The van der Waals surface area contributed by atoms with Crippen LogP contribution in [0.5, 0.6) is 0 Å². The molecule has 3 rings (SSSR count). The molecule has 3 heterocycles. The molecule has 0 spiro atoms. The van der Waals surface area contributed by atoms with Crippen LogP contribution in [0.1, 0.15) is 17.0 Å². The van der Waals surface area contributed by atoms with Gasteiger partial charge < -0.3 is 4.52 Å². The molecule has 0 radical (unpaired) electrons. The second-order valence-electron chi connectivity index (χ2n) is 4.52. The summed E-state index contributed by atoms with van der Waals surface area (Å²) in [5.74, 6) is 0.190. The van der Waals surface area contributed by atoms with Crippen molar-refractivity contribution in [2.45, 2.75) is 19.1 Å². The van der Waals surface area contributed by atoms with Gasteiger partial charge in [-0.2, -0.15) is 0 Å². The number of anilines is 1. The number of nitrogens with zero attached hydrogens (tertiary/aromatic N) is 3. The van der Waals surface area contributed by atoms with Crippen molar-refractivity contribution in [3.63, 3.8) is 0 Å². The van der Waals surface area contributed by atoms with Gasteiger partial charge in [-0.1, -0.05) is 5.16 Å². The lowest BCUT2D eigenvalue weighted by molar-refractivity contribution is 0.388. The van der Waals surface area contributed by atoms with Gasteiger partial charge in [-0.25, -0.2) is 8.42 Å². The van der Waals surface area contributed by atoms with Crippen LogP contribution in [0.15, 0.2) is 29.0 Å². The molecule has 100 valence electrons. The Bertz CT molecular complexity index is 709. The largest absolute Gasteiger partial charge is 0.360 e. The minimum Gasteiger partial charge on any atom is -0.360 e. The van der Waals surface area contributed by atoms with Crippen LogP contribution in [-0.2, 0) is 22.2 Å². The predicted molar refractivity (Wildman–Crippen MR) is 69.2 cm³/mol. The SMILES string of the molecule is Cc1cc(CS(=O)(=O)N2CCc3cnccc32)on1. The minimum absolute atomic E-state index is 0.171. The fraction of sp³-hybridized carbons (Fsp3) is 0.333. The van der Waals surface area contributed by atoms with Gasteiger partial charge in [0.25, 0.3) is 0 Å². The van der Waals surface area contributed by atoms with Gasteiger partial charge in [-0.3, -0.25) is 9.29 Å². The first kappa shape index (κ1) is 12.2. The molecule has 0 fully saturated rings. The summed E-state index contributed by atoms with van der Waals surface area (Å²) < 4.78 is 31.2. The fourth-order valence-corrected chi connectivity index (χ4v) is 3.73. The summed E-state index contributed by atoms with van der Waals surface area (Å²) in [5.41, 5.74) is 2.35. The maximum absolute atomic E-state index is 12.4. The number of rotatable bonds is 3. The normalized spacial score (nSPS) is 14.7. The van der Waals surface area contributed by atoms with Crippen LogP contribution in [0.25, 0.3) is 0 Å². The molecule has 0 atom stereocenters. The number of fused-ring (bicyclic) bond motifs is 1. The lowest BCUT2D eigenvalue weighted by atomic mass is 10.2. The third-order valence-electron chi connectivity index (χ3n) is 3.07. The highest BCUT2D eigenvalue weighted by atomic mass is 32.2. The molecule has 0 unspecified atom stereocenters. The Kier molecular flexibility index (Phi) is 2.78. The van der Waals surface area contributed by atoms with E-state index >= 15 is 0 Å². The Morgan fingerprint density at radius 3 is 3.05 bits per heavy atom. The van der Waals surface area contributed by atoms with Gasteiger partial charge in [0.1, 0.15) is 5.75 Å². The molecular formula is C12H13N3O3S. The highest BCUT2D eigenvalue weighted by Crippen LogP contribution is 2.30. The molecule has 0 saturated heterocycles. The van der Waals surface area contributed by atoms with E-state index in [1.165, 1.54) is 4.31 Å². The van der Waals surface area contributed by atoms with E-state index in [9.17, 15) is 8.42 Å². The predicted octanol–water partition coefficient (Wildman–Crippen LogP) is 1.27. The molecule has 0 N–H and O–H groups in total. The van der Waals surface area contributed by atoms with Crippen LogP contribution in [0.4, 0.5) is 5.69 Å². The van der Waals surface area contributed by atoms with Crippen molar-refractivity contribution in [1.82, 2.24) is 10.1 Å². The van der Waals surface area contributed by atoms with E-state index in [4.69, 9.17) is 4.52 Å². The maximum atomic E-state index is 12.4. The molecule has 2 aromatic heterocycles. The standard InChI is InChI=1S/C12H13N3O3S/c1-9-6-11(18-14-9)8-19(16,17)15-5-3-10-7-13-4-2-12(10)15/h2,4,6-7H,3,5,8H2,1H3. The first-order chi connectivity index (χ1) is 9.06. The average molecular weight is 279 g/mol. The molecule has 1 aliphatic heterocycles. The summed E-state index contributed by atoms with van der Waals surface area (Å²) in [6.07, 6.45) is 4.01. The van der Waals surface area contributed by atoms with E-state index in [0.29, 0.717) is 30.1 Å². The molecule has 0 bridgehead atoms. The summed E-state index contributed by atoms with van der Waals surface area (Å²) >= 11 is 0. The lowest BCUT2D eigenvalue weighted by Gasteiger charge is -2.18. The average Bonchev–Trinajstić information content (AvgIpc) is 2.95. The van der Waals surface area contributed by atoms with Crippen LogP contribution in [0, 0.1) is 6.92 Å². The first-order valence-corrected chi connectivity index (χ1v) is 7.53. The monoisotopic (exact) mass is 279 g/mol. The molecular weight excluding hydrogens is 266 g/mol. The smallest absolute Gasteiger partial charge is 0.242 e. The van der Waals surface area contributed by atoms with E-state index in [0.717, 1.165) is 5.56 Å². The highest BCUT2D eigenvalue weighted by molar-refractivity contribution is 7.92. The maximum Gasteiger partial charge on any atom is 0.242 e. The van der Waals surface area contributed by atoms with E-state index in [1.54, 1.807) is 31.5 Å². The number of hydrogen-bond donors (Lipinski definition) is 0. The topological polar surface area (TPSA) is 76.3 Å². The van der Waals surface area contributed by atoms with E-state index in [1.807, 2.05) is 0 Å². The Balaban J connectivity index is 1.90. The zero-order valence-electron chi connectivity index (χ0n) is 10.4. The molecule has 7 heteroatoms. The molecule has 1 aliphatic rings. The van der Waals surface area contributed by atoms with E-state index in [-0.39, 0.29) is 5.75 Å². The van der Waals surface area contributed by atoms with Crippen LogP contribution in [-0.4, -0.2) is 25.1 Å². The van der Waals surface area contributed by atoms with Crippen molar-refractivity contribution in [2.75, 3.05) is 10.8 Å². The number of aryl methyl sites for hydroxylation is 1. The summed E-state index contributed by atoms with van der Waals surface area (Å²) in [5, 5.41) is 3.70. The third kappa shape index (κ3) is 2.21. The number of aromatic nitrogens is 2. The zero-order chi connectivity index (χ0) is 13.5. The van der Waals surface area contributed by atoms with Crippen LogP contribution in [0.2, 0.25) is 0 Å². The van der Waals surface area contributed by atoms with Crippen molar-refractivity contribution < 1.29 is 12.9 Å². The van der Waals surface area contributed by atoms with Gasteiger partial charge in [0, 0.05) is 25.0 Å². The van der Waals surface area contributed by atoms with Gasteiger partial charge in [-0.15, -0.1) is 0 Å². The van der Waals surface area contributed by atoms with Gasteiger partial charge >= 0.3 is 0 Å². The lowest BCUT2D eigenvalue weighted by Crippen LogP contribution is -2.30. The number of hydrogen-bond acceptors (Lipinski definition) is 5. The summed E-state index contributed by atoms with van der Waals surface area (Å²) in [6.45, 7) is 2.22. The number of sulfonamides is 1. The summed E-state index contributed by atoms with van der Waals surface area (Å²) in [4.78, 5) is 4.01. The molecule has 19 heavy (non-hydrogen) atoms. The molecule has 6 nitrogen and oxygen atoms in total. The second-order valence-corrected chi connectivity index (χ2v) is 6.41. The Hall–Kier alpha value is -1.89. The van der Waals surface area contributed by atoms with Crippen molar-refractivity contribution in [3.05, 3.63) is 41.5 Å². The fourth-order valence-electron chi connectivity index (χ4n) is 2.23. The Morgan fingerprint density at radius 2 is 2.32 bits per heavy atom. The van der Waals surface area contributed by atoms with Gasteiger partial charge in [0.15, 0.2) is 5.76 Å². The van der Waals surface area contributed by atoms with Gasteiger partial charge in [-0.05, 0) is 25.0 Å². The quantitative estimate of drug-likeness (QED) is 0.845. The van der Waals surface area contributed by atoms with Crippen molar-refractivity contribution in [3.8, 4) is 0 Å². The van der Waals surface area contributed by atoms with Gasteiger partial charge in [0.05, 0.1) is 11.4 Å². The van der Waals surface area contributed by atoms with Crippen molar-refractivity contribution in [2.24, 2.45) is 0 Å². The highest BCUT2D eigenvalue weighted by Gasteiger charge is 2.30. The van der Waals surface area contributed by atoms with Crippen molar-refractivity contribution in [1.29, 1.82) is 0 Å². The minimum atomic E-state index is -3.44. The van der Waals surface area contributed by atoms with Crippen LogP contribution < -0.4 is 4.31 Å². The molecule has 0 aliphatic carbocycles. The number of pyridine rings is 1. The van der Waals surface area contributed by atoms with Crippen molar-refractivity contribution >= 4 is 15.7 Å². The van der Waals surface area contributed by atoms with Crippen LogP contribution >= 0.6 is 0 Å². The van der Waals surface area contributed by atoms with Crippen LogP contribution in [0.3, 0.4) is 0 Å². The van der Waals surface area contributed by atoms with Gasteiger partial charge in [0.2, 0.25) is 10.0 Å². The first-order valence-electron chi connectivity index (χ1n) is 5.92. The Morgan fingerprint density at radius 1 is 1.47 bits per heavy atom. The van der Waals surface area contributed by atoms with E-state index in [2.05, 4.69) is 10.1 Å². The molecule has 0 saturated carbocycles. The zero-order valence-corrected chi connectivity index (χ0v) is 11.2. The molecule has 2 aromatic rings. The Labute approximate surface area is 111 Å².